The van der Waals surface area contributed by atoms with Crippen LogP contribution in [0.5, 0.6) is 11.5 Å². The fourth-order valence-corrected chi connectivity index (χ4v) is 1.41. The SMILES string of the molecule is CC(C)n1cc(Oc2ccc(N)c(N)c2)cn1. The van der Waals surface area contributed by atoms with Gasteiger partial charge in [-0.1, -0.05) is 0 Å². The van der Waals surface area contributed by atoms with E-state index in [9.17, 15) is 0 Å². The summed E-state index contributed by atoms with van der Waals surface area (Å²) in [6, 6.07) is 5.50. The number of nitrogen functional groups attached to an aromatic ring is 2. The molecule has 5 nitrogen and oxygen atoms in total. The third-order valence-corrected chi connectivity index (χ3v) is 2.40. The van der Waals surface area contributed by atoms with Gasteiger partial charge in [-0.2, -0.15) is 5.10 Å². The molecule has 2 rings (SSSR count). The highest BCUT2D eigenvalue weighted by atomic mass is 16.5. The van der Waals surface area contributed by atoms with Crippen molar-refractivity contribution in [2.24, 2.45) is 0 Å². The molecular weight excluding hydrogens is 216 g/mol. The summed E-state index contributed by atoms with van der Waals surface area (Å²) in [6.07, 6.45) is 3.52. The minimum Gasteiger partial charge on any atom is -0.454 e. The molecular formula is C12H16N4O. The fraction of sp³-hybridized carbons (Fsp3) is 0.250. The maximum Gasteiger partial charge on any atom is 0.165 e. The molecule has 2 aromatic rings. The lowest BCUT2D eigenvalue weighted by Gasteiger charge is -2.06. The molecule has 0 amide bonds. The van der Waals surface area contributed by atoms with Crippen molar-refractivity contribution in [1.29, 1.82) is 0 Å². The summed E-state index contributed by atoms with van der Waals surface area (Å²) in [6.45, 7) is 4.11. The molecule has 0 saturated heterocycles. The van der Waals surface area contributed by atoms with E-state index in [1.807, 2.05) is 10.9 Å². The van der Waals surface area contributed by atoms with Crippen molar-refractivity contribution in [1.82, 2.24) is 9.78 Å². The second-order valence-electron chi connectivity index (χ2n) is 4.14. The van der Waals surface area contributed by atoms with E-state index in [4.69, 9.17) is 16.2 Å². The molecule has 90 valence electrons. The summed E-state index contributed by atoms with van der Waals surface area (Å²) in [4.78, 5) is 0. The van der Waals surface area contributed by atoms with Crippen LogP contribution in [0.3, 0.4) is 0 Å². The topological polar surface area (TPSA) is 79.1 Å². The normalized spacial score (nSPS) is 10.8. The van der Waals surface area contributed by atoms with E-state index in [2.05, 4.69) is 18.9 Å². The second-order valence-corrected chi connectivity index (χ2v) is 4.14. The molecule has 17 heavy (non-hydrogen) atoms. The summed E-state index contributed by atoms with van der Waals surface area (Å²) in [7, 11) is 0. The van der Waals surface area contributed by atoms with Gasteiger partial charge in [-0.05, 0) is 26.0 Å². The van der Waals surface area contributed by atoms with Crippen LogP contribution in [0.1, 0.15) is 19.9 Å². The summed E-state index contributed by atoms with van der Waals surface area (Å²) in [5.41, 5.74) is 12.4. The molecule has 5 heteroatoms. The molecule has 0 aliphatic heterocycles. The molecule has 0 fully saturated rings. The predicted molar refractivity (Wildman–Crippen MR) is 68.0 cm³/mol. The van der Waals surface area contributed by atoms with Crippen LogP contribution in [0.15, 0.2) is 30.6 Å². The number of anilines is 2. The van der Waals surface area contributed by atoms with Gasteiger partial charge in [0.25, 0.3) is 0 Å². The lowest BCUT2D eigenvalue weighted by Crippen LogP contribution is -1.99. The lowest BCUT2D eigenvalue weighted by molar-refractivity contribution is 0.477. The number of nitrogens with two attached hydrogens (primary N) is 2. The summed E-state index contributed by atoms with van der Waals surface area (Å²) in [5, 5.41) is 4.19. The average molecular weight is 232 g/mol. The van der Waals surface area contributed by atoms with E-state index in [0.717, 1.165) is 0 Å². The Morgan fingerprint density at radius 3 is 2.53 bits per heavy atom. The zero-order valence-electron chi connectivity index (χ0n) is 9.92. The second kappa shape index (κ2) is 4.37. The molecule has 0 aliphatic rings. The third-order valence-electron chi connectivity index (χ3n) is 2.40. The van der Waals surface area contributed by atoms with Crippen LogP contribution >= 0.6 is 0 Å². The maximum atomic E-state index is 5.70. The Hall–Kier alpha value is -2.17. The smallest absolute Gasteiger partial charge is 0.165 e. The van der Waals surface area contributed by atoms with Crippen molar-refractivity contribution in [3.8, 4) is 11.5 Å². The Labute approximate surface area is 100.0 Å². The zero-order chi connectivity index (χ0) is 12.4. The van der Waals surface area contributed by atoms with Gasteiger partial charge >= 0.3 is 0 Å². The standard InChI is InChI=1S/C12H16N4O/c1-8(2)16-7-10(6-15-16)17-9-3-4-11(13)12(14)5-9/h3-8H,13-14H2,1-2H3. The molecule has 1 aromatic heterocycles. The summed E-state index contributed by atoms with van der Waals surface area (Å²) in [5.74, 6) is 1.34. The van der Waals surface area contributed by atoms with Gasteiger partial charge in [-0.15, -0.1) is 0 Å². The molecule has 1 aromatic carbocycles. The number of nitrogens with zero attached hydrogens (tertiary/aromatic N) is 2. The first-order chi connectivity index (χ1) is 8.06. The number of benzene rings is 1. The Balaban J connectivity index is 2.16. The van der Waals surface area contributed by atoms with Gasteiger partial charge in [0, 0.05) is 12.1 Å². The molecule has 0 spiro atoms. The monoisotopic (exact) mass is 232 g/mol. The van der Waals surface area contributed by atoms with Gasteiger partial charge in [0.1, 0.15) is 5.75 Å². The molecule has 0 unspecified atom stereocenters. The van der Waals surface area contributed by atoms with Crippen LogP contribution in [-0.2, 0) is 0 Å². The van der Waals surface area contributed by atoms with Gasteiger partial charge in [0.2, 0.25) is 0 Å². The Morgan fingerprint density at radius 1 is 1.18 bits per heavy atom. The van der Waals surface area contributed by atoms with Crippen molar-refractivity contribution in [2.45, 2.75) is 19.9 Å². The molecule has 0 saturated carbocycles. The molecule has 1 heterocycles. The van der Waals surface area contributed by atoms with Crippen LogP contribution < -0.4 is 16.2 Å². The van der Waals surface area contributed by atoms with E-state index >= 15 is 0 Å². The maximum absolute atomic E-state index is 5.70. The fourth-order valence-electron chi connectivity index (χ4n) is 1.41. The number of aromatic nitrogens is 2. The zero-order valence-corrected chi connectivity index (χ0v) is 9.92. The van der Waals surface area contributed by atoms with Gasteiger partial charge in [-0.25, -0.2) is 0 Å². The largest absolute Gasteiger partial charge is 0.454 e. The Kier molecular flexibility index (Phi) is 2.91. The Bertz CT molecular complexity index is 519. The molecule has 0 radical (unpaired) electrons. The molecule has 4 N–H and O–H groups in total. The minimum absolute atomic E-state index is 0.309. The van der Waals surface area contributed by atoms with Gasteiger partial charge in [0.05, 0.1) is 23.8 Å². The highest BCUT2D eigenvalue weighted by molar-refractivity contribution is 5.65. The first kappa shape index (κ1) is 11.3. The minimum atomic E-state index is 0.309. The number of rotatable bonds is 3. The van der Waals surface area contributed by atoms with Gasteiger partial charge in [0.15, 0.2) is 5.75 Å². The van der Waals surface area contributed by atoms with E-state index in [1.54, 1.807) is 24.4 Å². The predicted octanol–water partition coefficient (Wildman–Crippen LogP) is 2.42. The van der Waals surface area contributed by atoms with Crippen molar-refractivity contribution < 1.29 is 4.74 Å². The first-order valence-electron chi connectivity index (χ1n) is 5.43. The van der Waals surface area contributed by atoms with Crippen LogP contribution in [0.2, 0.25) is 0 Å². The summed E-state index contributed by atoms with van der Waals surface area (Å²) >= 11 is 0. The van der Waals surface area contributed by atoms with Crippen LogP contribution in [0.4, 0.5) is 11.4 Å². The van der Waals surface area contributed by atoms with Crippen molar-refractivity contribution in [3.63, 3.8) is 0 Å². The number of ether oxygens (including phenoxy) is 1. The molecule has 0 bridgehead atoms. The van der Waals surface area contributed by atoms with Crippen LogP contribution in [0, 0.1) is 0 Å². The number of hydrogen-bond donors (Lipinski definition) is 2. The van der Waals surface area contributed by atoms with Crippen LogP contribution in [-0.4, -0.2) is 9.78 Å². The third kappa shape index (κ3) is 2.50. The van der Waals surface area contributed by atoms with Gasteiger partial charge < -0.3 is 16.2 Å². The highest BCUT2D eigenvalue weighted by Gasteiger charge is 2.04. The highest BCUT2D eigenvalue weighted by Crippen LogP contribution is 2.26. The van der Waals surface area contributed by atoms with Crippen molar-refractivity contribution in [2.75, 3.05) is 11.5 Å². The van der Waals surface area contributed by atoms with Crippen LogP contribution in [0.25, 0.3) is 0 Å². The van der Waals surface area contributed by atoms with E-state index in [0.29, 0.717) is 28.9 Å². The Morgan fingerprint density at radius 2 is 1.94 bits per heavy atom. The van der Waals surface area contributed by atoms with E-state index < -0.39 is 0 Å². The lowest BCUT2D eigenvalue weighted by atomic mass is 10.2. The van der Waals surface area contributed by atoms with E-state index in [-0.39, 0.29) is 0 Å². The van der Waals surface area contributed by atoms with Gasteiger partial charge in [-0.3, -0.25) is 4.68 Å². The number of hydrogen-bond acceptors (Lipinski definition) is 4. The average Bonchev–Trinajstić information content (AvgIpc) is 2.72. The van der Waals surface area contributed by atoms with Crippen molar-refractivity contribution >= 4 is 11.4 Å². The first-order valence-corrected chi connectivity index (χ1v) is 5.43. The summed E-state index contributed by atoms with van der Waals surface area (Å²) < 4.78 is 7.46. The van der Waals surface area contributed by atoms with Crippen molar-refractivity contribution in [3.05, 3.63) is 30.6 Å². The molecule has 0 aliphatic carbocycles. The quantitative estimate of drug-likeness (QED) is 0.796. The molecule has 0 atom stereocenters. The van der Waals surface area contributed by atoms with E-state index in [1.165, 1.54) is 0 Å².